The van der Waals surface area contributed by atoms with Crippen LogP contribution in [0.25, 0.3) is 0 Å². The van der Waals surface area contributed by atoms with E-state index in [1.165, 1.54) is 23.6 Å². The molecule has 3 atom stereocenters. The number of ketones is 1. The number of benzene rings is 1. The van der Waals surface area contributed by atoms with Crippen molar-refractivity contribution in [3.05, 3.63) is 41.0 Å². The van der Waals surface area contributed by atoms with Gasteiger partial charge in [0.25, 0.3) is 0 Å². The average Bonchev–Trinajstić information content (AvgIpc) is 2.82. The van der Waals surface area contributed by atoms with Gasteiger partial charge in [0.1, 0.15) is 11.5 Å². The number of carbonyl (C=O) groups excluding carboxylic acids is 2. The summed E-state index contributed by atoms with van der Waals surface area (Å²) in [5, 5.41) is 0. The molecule has 2 saturated carbocycles. The van der Waals surface area contributed by atoms with Crippen LogP contribution >= 0.6 is 0 Å². The van der Waals surface area contributed by atoms with Crippen molar-refractivity contribution in [2.24, 2.45) is 11.3 Å². The molecule has 0 spiro atoms. The molecule has 23 heavy (non-hydrogen) atoms. The molecule has 2 fully saturated rings. The Labute approximate surface area is 136 Å². The molecule has 1 aromatic rings. The van der Waals surface area contributed by atoms with Gasteiger partial charge in [-0.15, -0.1) is 0 Å². The van der Waals surface area contributed by atoms with Crippen molar-refractivity contribution in [2.45, 2.75) is 51.9 Å². The fourth-order valence-electron chi connectivity index (χ4n) is 4.95. The fraction of sp³-hybridized carbons (Fsp3) is 0.500. The fourth-order valence-corrected chi connectivity index (χ4v) is 4.95. The average molecular weight is 310 g/mol. The molecular weight excluding hydrogens is 288 g/mol. The number of esters is 1. The van der Waals surface area contributed by atoms with E-state index < -0.39 is 0 Å². The van der Waals surface area contributed by atoms with Crippen LogP contribution in [-0.4, -0.2) is 11.8 Å². The van der Waals surface area contributed by atoms with Gasteiger partial charge in [-0.3, -0.25) is 9.59 Å². The first-order chi connectivity index (χ1) is 11.0. The third-order valence-electron chi connectivity index (χ3n) is 6.13. The van der Waals surface area contributed by atoms with Gasteiger partial charge in [0.05, 0.1) is 0 Å². The Balaban J connectivity index is 1.68. The van der Waals surface area contributed by atoms with Gasteiger partial charge in [-0.05, 0) is 54.9 Å². The van der Waals surface area contributed by atoms with Gasteiger partial charge >= 0.3 is 5.97 Å². The Kier molecular flexibility index (Phi) is 3.22. The topological polar surface area (TPSA) is 43.4 Å². The van der Waals surface area contributed by atoms with Crippen molar-refractivity contribution < 1.29 is 14.3 Å². The minimum absolute atomic E-state index is 0.127. The molecule has 0 bridgehead atoms. The zero-order valence-electron chi connectivity index (χ0n) is 13.7. The summed E-state index contributed by atoms with van der Waals surface area (Å²) >= 11 is 0. The lowest BCUT2D eigenvalue weighted by Gasteiger charge is -2.43. The zero-order valence-corrected chi connectivity index (χ0v) is 13.7. The van der Waals surface area contributed by atoms with Crippen LogP contribution in [0, 0.1) is 11.3 Å². The van der Waals surface area contributed by atoms with E-state index in [1.54, 1.807) is 0 Å². The number of hydrogen-bond donors (Lipinski definition) is 0. The number of ether oxygens (including phenoxy) is 1. The van der Waals surface area contributed by atoms with Gasteiger partial charge in [0.2, 0.25) is 0 Å². The molecule has 3 heteroatoms. The molecule has 1 aromatic carbocycles. The molecule has 0 amide bonds. The van der Waals surface area contributed by atoms with Crippen molar-refractivity contribution >= 4 is 11.8 Å². The van der Waals surface area contributed by atoms with Crippen molar-refractivity contribution in [3.8, 4) is 5.75 Å². The number of hydrogen-bond acceptors (Lipinski definition) is 3. The highest BCUT2D eigenvalue weighted by atomic mass is 16.5. The molecule has 0 heterocycles. The monoisotopic (exact) mass is 310 g/mol. The van der Waals surface area contributed by atoms with E-state index in [2.05, 4.69) is 19.1 Å². The van der Waals surface area contributed by atoms with Crippen LogP contribution in [0.5, 0.6) is 5.75 Å². The first-order valence-electron chi connectivity index (χ1n) is 8.53. The Morgan fingerprint density at radius 3 is 2.91 bits per heavy atom. The van der Waals surface area contributed by atoms with Crippen LogP contribution in [0.4, 0.5) is 0 Å². The summed E-state index contributed by atoms with van der Waals surface area (Å²) in [6, 6.07) is 6.01. The Hall–Kier alpha value is -1.90. The number of carbonyl (C=O) groups is 2. The summed E-state index contributed by atoms with van der Waals surface area (Å²) in [7, 11) is 0. The highest BCUT2D eigenvalue weighted by Crippen LogP contribution is 2.57. The van der Waals surface area contributed by atoms with Crippen LogP contribution in [-0.2, 0) is 16.0 Å². The third-order valence-corrected chi connectivity index (χ3v) is 6.13. The lowest BCUT2D eigenvalue weighted by Crippen LogP contribution is -2.37. The molecule has 3 nitrogen and oxygen atoms in total. The maximum Gasteiger partial charge on any atom is 0.308 e. The van der Waals surface area contributed by atoms with Crippen LogP contribution in [0.2, 0.25) is 0 Å². The first-order valence-corrected chi connectivity index (χ1v) is 8.53. The zero-order chi connectivity index (χ0) is 16.2. The van der Waals surface area contributed by atoms with E-state index in [1.807, 2.05) is 12.1 Å². The number of rotatable bonds is 1. The molecule has 0 N–H and O–H groups in total. The summed E-state index contributed by atoms with van der Waals surface area (Å²) in [5.74, 6) is 1.67. The number of Topliss-reactive ketones (excluding diaryl/α,β-unsaturated/α-hetero) is 1. The quantitative estimate of drug-likeness (QED) is 0.448. The molecule has 0 saturated heterocycles. The van der Waals surface area contributed by atoms with Crippen molar-refractivity contribution in [1.29, 1.82) is 0 Å². The molecule has 0 unspecified atom stereocenters. The summed E-state index contributed by atoms with van der Waals surface area (Å²) in [4.78, 5) is 23.5. The Morgan fingerprint density at radius 1 is 1.30 bits per heavy atom. The molecule has 3 aliphatic rings. The molecule has 3 aliphatic carbocycles. The summed E-state index contributed by atoms with van der Waals surface area (Å²) in [5.41, 5.74) is 3.97. The molecule has 120 valence electrons. The van der Waals surface area contributed by atoms with Gasteiger partial charge < -0.3 is 4.74 Å². The van der Waals surface area contributed by atoms with Crippen LogP contribution in [0.3, 0.4) is 0 Å². The lowest BCUT2D eigenvalue weighted by molar-refractivity contribution is -0.132. The minimum Gasteiger partial charge on any atom is -0.427 e. The van der Waals surface area contributed by atoms with E-state index in [-0.39, 0.29) is 11.4 Å². The van der Waals surface area contributed by atoms with Crippen molar-refractivity contribution in [2.75, 3.05) is 0 Å². The Bertz CT molecular complexity index is 730. The number of allylic oxidation sites excluding steroid dienone is 2. The lowest BCUT2D eigenvalue weighted by atomic mass is 9.60. The van der Waals surface area contributed by atoms with Gasteiger partial charge in [-0.2, -0.15) is 0 Å². The Morgan fingerprint density at radius 2 is 2.13 bits per heavy atom. The second-order valence-electron chi connectivity index (χ2n) is 7.39. The summed E-state index contributed by atoms with van der Waals surface area (Å²) in [6.07, 6.45) is 7.00. The first kappa shape index (κ1) is 14.7. The maximum absolute atomic E-state index is 12.3. The van der Waals surface area contributed by atoms with Crippen molar-refractivity contribution in [3.63, 3.8) is 0 Å². The van der Waals surface area contributed by atoms with E-state index in [4.69, 9.17) is 4.74 Å². The second-order valence-corrected chi connectivity index (χ2v) is 7.39. The van der Waals surface area contributed by atoms with Crippen molar-refractivity contribution in [1.82, 2.24) is 0 Å². The normalized spacial score (nSPS) is 31.7. The van der Waals surface area contributed by atoms with E-state index in [0.717, 1.165) is 32.1 Å². The predicted molar refractivity (Wildman–Crippen MR) is 87.4 cm³/mol. The molecular formula is C20H22O3. The second kappa shape index (κ2) is 5.05. The van der Waals surface area contributed by atoms with Crippen LogP contribution < -0.4 is 4.74 Å². The van der Waals surface area contributed by atoms with Gasteiger partial charge in [-0.25, -0.2) is 0 Å². The summed E-state index contributed by atoms with van der Waals surface area (Å²) in [6.45, 7) is 3.60. The SMILES string of the molecule is CC(=O)Oc1ccc2c(c1)CC=C1[C@H]2CC[C@]2(C)C(=O)CC[C@@H]12. The third kappa shape index (κ3) is 2.17. The highest BCUT2D eigenvalue weighted by Gasteiger charge is 2.52. The molecule has 0 aliphatic heterocycles. The number of fused-ring (bicyclic) bond motifs is 5. The van der Waals surface area contributed by atoms with Gasteiger partial charge in [-0.1, -0.05) is 24.6 Å². The van der Waals surface area contributed by atoms with Crippen LogP contribution in [0.15, 0.2) is 29.8 Å². The van der Waals surface area contributed by atoms with E-state index in [9.17, 15) is 9.59 Å². The van der Waals surface area contributed by atoms with E-state index in [0.29, 0.717) is 23.4 Å². The molecule has 4 rings (SSSR count). The standard InChI is InChI=1S/C20H22O3/c1-12(21)23-14-4-6-15-13(11-14)3-5-17-16(15)9-10-20(2)18(17)7-8-19(20)22/h4-6,11,16,18H,3,7-10H2,1-2H3/t16-,18-,20-/m0/s1. The van der Waals surface area contributed by atoms with Gasteiger partial charge in [0, 0.05) is 24.7 Å². The van der Waals surface area contributed by atoms with E-state index >= 15 is 0 Å². The van der Waals surface area contributed by atoms with Crippen LogP contribution in [0.1, 0.15) is 56.6 Å². The maximum atomic E-state index is 12.3. The summed E-state index contributed by atoms with van der Waals surface area (Å²) < 4.78 is 5.21. The molecule has 0 radical (unpaired) electrons. The predicted octanol–water partition coefficient (Wildman–Crippen LogP) is 3.96. The highest BCUT2D eigenvalue weighted by molar-refractivity contribution is 5.88. The molecule has 0 aromatic heterocycles. The smallest absolute Gasteiger partial charge is 0.308 e. The van der Waals surface area contributed by atoms with Gasteiger partial charge in [0.15, 0.2) is 0 Å². The largest absolute Gasteiger partial charge is 0.427 e. The minimum atomic E-state index is -0.283.